The third-order valence-electron chi connectivity index (χ3n) is 5.71. The molecule has 1 amide bonds. The van der Waals surface area contributed by atoms with Gasteiger partial charge in [-0.3, -0.25) is 0 Å². The van der Waals surface area contributed by atoms with E-state index in [1.54, 1.807) is 0 Å². The first kappa shape index (κ1) is 18.6. The van der Waals surface area contributed by atoms with Crippen molar-refractivity contribution >= 4 is 31.3 Å². The molecule has 25 heavy (non-hydrogen) atoms. The summed E-state index contributed by atoms with van der Waals surface area (Å²) in [6.45, 7) is 8.72. The van der Waals surface area contributed by atoms with Crippen molar-refractivity contribution in [1.82, 2.24) is 4.90 Å². The second-order valence-corrected chi connectivity index (χ2v) is 8.44. The van der Waals surface area contributed by atoms with Crippen molar-refractivity contribution in [3.63, 3.8) is 0 Å². The van der Waals surface area contributed by atoms with E-state index in [4.69, 9.17) is 21.9 Å². The van der Waals surface area contributed by atoms with Crippen molar-refractivity contribution in [2.24, 2.45) is 0 Å². The molecule has 1 unspecified atom stereocenters. The Morgan fingerprint density at radius 2 is 1.80 bits per heavy atom. The summed E-state index contributed by atoms with van der Waals surface area (Å²) in [6, 6.07) is 7.89. The molecule has 1 N–H and O–H groups in total. The molecule has 3 rings (SSSR count). The van der Waals surface area contributed by atoms with E-state index in [-0.39, 0.29) is 29.6 Å². The number of nitrogens with zero attached hydrogens (tertiary/aromatic N) is 1. The van der Waals surface area contributed by atoms with Crippen LogP contribution in [0.4, 0.5) is 4.79 Å². The van der Waals surface area contributed by atoms with Gasteiger partial charge in [-0.1, -0.05) is 24.3 Å². The second-order valence-electron chi connectivity index (χ2n) is 7.89. The minimum atomic E-state index is -0.865. The molecule has 0 saturated carbocycles. The Balaban J connectivity index is 1.74. The zero-order valence-electron chi connectivity index (χ0n) is 15.2. The van der Waals surface area contributed by atoms with Gasteiger partial charge in [0.05, 0.1) is 17.2 Å². The molecule has 136 valence electrons. The van der Waals surface area contributed by atoms with Gasteiger partial charge in [0.2, 0.25) is 0 Å². The molecule has 1 aromatic rings. The largest absolute Gasteiger partial charge is 0.494 e. The molecule has 2 atom stereocenters. The van der Waals surface area contributed by atoms with E-state index < -0.39 is 6.09 Å². The standard InChI is InChI=1S/C18H26BNO4S/c1-17(2)18(3,4)24-19(23-17)13-9-7-12(8-10-13)15(25)14-6-5-11-20(14)16(21)22/h7-10,14-15,25H,5-6,11H2,1-4H3,(H,21,22)/t14-,15?/m0/s1. The molecule has 0 spiro atoms. The minimum absolute atomic E-state index is 0.0801. The SMILES string of the molecule is CC1(C)OB(c2ccc(C(S)[C@@H]3CCCN3C(=O)O)cc2)OC1(C)C. The van der Waals surface area contributed by atoms with Gasteiger partial charge in [0.1, 0.15) is 0 Å². The molecular formula is C18H26BNO4S. The van der Waals surface area contributed by atoms with Gasteiger partial charge in [0.15, 0.2) is 0 Å². The van der Waals surface area contributed by atoms with E-state index in [1.807, 2.05) is 52.0 Å². The quantitative estimate of drug-likeness (QED) is 0.640. The van der Waals surface area contributed by atoms with Gasteiger partial charge in [-0.05, 0) is 51.6 Å². The van der Waals surface area contributed by atoms with Gasteiger partial charge in [0, 0.05) is 11.8 Å². The summed E-state index contributed by atoms with van der Waals surface area (Å²) in [7, 11) is -0.389. The molecule has 2 aliphatic rings. The highest BCUT2D eigenvalue weighted by molar-refractivity contribution is 7.80. The first-order chi connectivity index (χ1) is 11.6. The molecule has 0 radical (unpaired) electrons. The number of benzene rings is 1. The number of rotatable bonds is 3. The van der Waals surface area contributed by atoms with Crippen molar-refractivity contribution in [3.05, 3.63) is 29.8 Å². The molecule has 2 heterocycles. The molecule has 0 bridgehead atoms. The lowest BCUT2D eigenvalue weighted by atomic mass is 9.78. The normalized spacial score (nSPS) is 26.0. The van der Waals surface area contributed by atoms with E-state index in [9.17, 15) is 9.90 Å². The van der Waals surface area contributed by atoms with Gasteiger partial charge >= 0.3 is 13.2 Å². The molecule has 7 heteroatoms. The number of carboxylic acid groups (broad SMARTS) is 1. The minimum Gasteiger partial charge on any atom is -0.465 e. The van der Waals surface area contributed by atoms with Gasteiger partial charge in [0.25, 0.3) is 0 Å². The van der Waals surface area contributed by atoms with Crippen LogP contribution in [0.1, 0.15) is 51.3 Å². The summed E-state index contributed by atoms with van der Waals surface area (Å²) in [6.07, 6.45) is 0.870. The third-order valence-corrected chi connectivity index (χ3v) is 6.36. The first-order valence-corrected chi connectivity index (χ1v) is 9.27. The summed E-state index contributed by atoms with van der Waals surface area (Å²) in [5.74, 6) is 0. The van der Waals surface area contributed by atoms with Crippen molar-refractivity contribution in [1.29, 1.82) is 0 Å². The molecule has 0 aliphatic carbocycles. The lowest BCUT2D eigenvalue weighted by Gasteiger charge is -2.32. The van der Waals surface area contributed by atoms with Gasteiger partial charge in [-0.15, -0.1) is 0 Å². The van der Waals surface area contributed by atoms with E-state index in [0.717, 1.165) is 23.9 Å². The van der Waals surface area contributed by atoms with Crippen molar-refractivity contribution in [3.8, 4) is 0 Å². The van der Waals surface area contributed by atoms with E-state index in [0.29, 0.717) is 6.54 Å². The van der Waals surface area contributed by atoms with Crippen molar-refractivity contribution in [2.75, 3.05) is 6.54 Å². The van der Waals surface area contributed by atoms with Crippen LogP contribution in [-0.2, 0) is 9.31 Å². The highest BCUT2D eigenvalue weighted by Crippen LogP contribution is 2.37. The zero-order valence-corrected chi connectivity index (χ0v) is 16.1. The highest BCUT2D eigenvalue weighted by atomic mass is 32.1. The number of carbonyl (C=O) groups is 1. The Morgan fingerprint density at radius 3 is 2.32 bits per heavy atom. The summed E-state index contributed by atoms with van der Waals surface area (Å²) in [5, 5.41) is 9.19. The van der Waals surface area contributed by atoms with Crippen LogP contribution in [0.2, 0.25) is 0 Å². The number of likely N-dealkylation sites (tertiary alicyclic amines) is 1. The molecule has 5 nitrogen and oxygen atoms in total. The monoisotopic (exact) mass is 363 g/mol. The van der Waals surface area contributed by atoms with Gasteiger partial charge in [-0.2, -0.15) is 12.6 Å². The average Bonchev–Trinajstić information content (AvgIpc) is 3.10. The van der Waals surface area contributed by atoms with Gasteiger partial charge < -0.3 is 19.3 Å². The molecule has 2 aliphatic heterocycles. The highest BCUT2D eigenvalue weighted by Gasteiger charge is 2.51. The van der Waals surface area contributed by atoms with E-state index in [2.05, 4.69) is 0 Å². The maximum atomic E-state index is 11.4. The molecule has 2 saturated heterocycles. The number of hydrogen-bond donors (Lipinski definition) is 2. The summed E-state index contributed by atoms with van der Waals surface area (Å²) < 4.78 is 12.1. The lowest BCUT2D eigenvalue weighted by molar-refractivity contribution is 0.00578. The Labute approximate surface area is 155 Å². The van der Waals surface area contributed by atoms with Crippen LogP contribution >= 0.6 is 12.6 Å². The summed E-state index contributed by atoms with van der Waals surface area (Å²) >= 11 is 4.70. The fourth-order valence-corrected chi connectivity index (χ4v) is 3.89. The number of amides is 1. The predicted molar refractivity (Wildman–Crippen MR) is 102 cm³/mol. The van der Waals surface area contributed by atoms with Crippen LogP contribution in [0.3, 0.4) is 0 Å². The summed E-state index contributed by atoms with van der Waals surface area (Å²) in [5.41, 5.74) is 1.24. The van der Waals surface area contributed by atoms with Crippen LogP contribution in [0, 0.1) is 0 Å². The van der Waals surface area contributed by atoms with Crippen LogP contribution in [-0.4, -0.2) is 47.0 Å². The lowest BCUT2D eigenvalue weighted by Crippen LogP contribution is -2.41. The maximum Gasteiger partial charge on any atom is 0.494 e. The fraction of sp³-hybridized carbons (Fsp3) is 0.611. The zero-order chi connectivity index (χ0) is 18.4. The van der Waals surface area contributed by atoms with E-state index in [1.165, 1.54) is 4.90 Å². The molecule has 1 aromatic carbocycles. The molecular weight excluding hydrogens is 337 g/mol. The Morgan fingerprint density at radius 1 is 1.24 bits per heavy atom. The molecule has 0 aromatic heterocycles. The smallest absolute Gasteiger partial charge is 0.465 e. The van der Waals surface area contributed by atoms with Crippen molar-refractivity contribution in [2.45, 2.75) is 63.0 Å². The Bertz CT molecular complexity index is 633. The van der Waals surface area contributed by atoms with Crippen LogP contribution in [0.5, 0.6) is 0 Å². The van der Waals surface area contributed by atoms with Crippen LogP contribution in [0.15, 0.2) is 24.3 Å². The van der Waals surface area contributed by atoms with Crippen LogP contribution < -0.4 is 5.46 Å². The van der Waals surface area contributed by atoms with E-state index >= 15 is 0 Å². The predicted octanol–water partition coefficient (Wildman–Crippen LogP) is 3.10. The maximum absolute atomic E-state index is 11.4. The topological polar surface area (TPSA) is 59.0 Å². The van der Waals surface area contributed by atoms with Crippen molar-refractivity contribution < 1.29 is 19.2 Å². The van der Waals surface area contributed by atoms with Gasteiger partial charge in [-0.25, -0.2) is 4.79 Å². The van der Waals surface area contributed by atoms with Crippen LogP contribution in [0.25, 0.3) is 0 Å². The first-order valence-electron chi connectivity index (χ1n) is 8.75. The average molecular weight is 363 g/mol. The summed E-state index contributed by atoms with van der Waals surface area (Å²) in [4.78, 5) is 12.9. The Kier molecular flexibility index (Phi) is 4.86. The number of thiol groups is 1. The third kappa shape index (κ3) is 3.42. The number of hydrogen-bond acceptors (Lipinski definition) is 4. The molecule has 2 fully saturated rings. The second kappa shape index (κ2) is 6.52. The fourth-order valence-electron chi connectivity index (χ4n) is 3.41. The Hall–Kier alpha value is -1.18.